The monoisotopic (exact) mass is 383 g/mol. The van der Waals surface area contributed by atoms with Crippen LogP contribution in [-0.2, 0) is 11.2 Å². The lowest BCUT2D eigenvalue weighted by molar-refractivity contribution is -0.121. The second-order valence-corrected chi connectivity index (χ2v) is 7.30. The fourth-order valence-electron chi connectivity index (χ4n) is 3.59. The fraction of sp³-hybridized carbons (Fsp3) is 0.200. The summed E-state index contributed by atoms with van der Waals surface area (Å²) in [5.74, 6) is 1.25. The van der Waals surface area contributed by atoms with Gasteiger partial charge in [-0.15, -0.1) is 0 Å². The molecule has 146 valence electrons. The van der Waals surface area contributed by atoms with Crippen LogP contribution in [0.3, 0.4) is 0 Å². The molecule has 0 fully saturated rings. The van der Waals surface area contributed by atoms with E-state index in [1.807, 2.05) is 54.6 Å². The number of carbonyl (C=O) groups is 1. The molecule has 0 bridgehead atoms. The van der Waals surface area contributed by atoms with E-state index in [1.54, 1.807) is 0 Å². The number of rotatable bonds is 7. The summed E-state index contributed by atoms with van der Waals surface area (Å²) in [6.45, 7) is 2.77. The molecule has 1 heterocycles. The number of hydrogen-bond acceptors (Lipinski definition) is 2. The van der Waals surface area contributed by atoms with Crippen molar-refractivity contribution in [2.45, 2.75) is 25.7 Å². The van der Waals surface area contributed by atoms with E-state index in [0.29, 0.717) is 19.4 Å². The quantitative estimate of drug-likeness (QED) is 0.494. The number of benzene rings is 3. The zero-order valence-electron chi connectivity index (χ0n) is 16.6. The van der Waals surface area contributed by atoms with Crippen molar-refractivity contribution in [3.05, 3.63) is 96.3 Å². The van der Waals surface area contributed by atoms with Gasteiger partial charge in [0.15, 0.2) is 0 Å². The summed E-state index contributed by atoms with van der Waals surface area (Å²) < 4.78 is 2.15. The van der Waals surface area contributed by atoms with Gasteiger partial charge in [-0.2, -0.15) is 0 Å². The summed E-state index contributed by atoms with van der Waals surface area (Å²) in [5, 5.41) is 3.07. The van der Waals surface area contributed by atoms with Gasteiger partial charge < -0.3 is 5.32 Å². The Morgan fingerprint density at radius 2 is 1.59 bits per heavy atom. The van der Waals surface area contributed by atoms with Crippen molar-refractivity contribution in [1.82, 2.24) is 14.9 Å². The zero-order chi connectivity index (χ0) is 20.1. The molecule has 1 amide bonds. The van der Waals surface area contributed by atoms with Crippen molar-refractivity contribution in [3.8, 4) is 5.69 Å². The Bertz CT molecular complexity index is 1090. The number of aryl methyl sites for hydroxylation is 1. The van der Waals surface area contributed by atoms with Crippen LogP contribution in [0, 0.1) is 0 Å². The number of hydrogen-bond donors (Lipinski definition) is 1. The van der Waals surface area contributed by atoms with E-state index >= 15 is 0 Å². The van der Waals surface area contributed by atoms with Crippen molar-refractivity contribution in [2.24, 2.45) is 0 Å². The largest absolute Gasteiger partial charge is 0.355 e. The topological polar surface area (TPSA) is 46.9 Å². The Labute approximate surface area is 171 Å². The summed E-state index contributed by atoms with van der Waals surface area (Å²) in [4.78, 5) is 17.3. The van der Waals surface area contributed by atoms with Crippen LogP contribution in [-0.4, -0.2) is 22.0 Å². The van der Waals surface area contributed by atoms with E-state index in [1.165, 1.54) is 5.56 Å². The van der Waals surface area contributed by atoms with Crippen molar-refractivity contribution >= 4 is 16.9 Å². The van der Waals surface area contributed by atoms with Gasteiger partial charge in [0.1, 0.15) is 5.82 Å². The predicted molar refractivity (Wildman–Crippen MR) is 117 cm³/mol. The normalized spacial score (nSPS) is 12.0. The first-order valence-electron chi connectivity index (χ1n) is 10.1. The molecule has 29 heavy (non-hydrogen) atoms. The van der Waals surface area contributed by atoms with Crippen LogP contribution < -0.4 is 5.32 Å². The minimum absolute atomic E-state index is 0.0550. The molecule has 1 unspecified atom stereocenters. The highest BCUT2D eigenvalue weighted by molar-refractivity contribution is 5.79. The van der Waals surface area contributed by atoms with Gasteiger partial charge in [0.2, 0.25) is 5.91 Å². The molecular formula is C25H25N3O. The summed E-state index contributed by atoms with van der Waals surface area (Å²) in [6.07, 6.45) is 1.01. The summed E-state index contributed by atoms with van der Waals surface area (Å²) in [7, 11) is 0. The first-order chi connectivity index (χ1) is 14.2. The lowest BCUT2D eigenvalue weighted by atomic mass is 10.0. The van der Waals surface area contributed by atoms with Gasteiger partial charge in [-0.3, -0.25) is 9.36 Å². The van der Waals surface area contributed by atoms with E-state index < -0.39 is 0 Å². The van der Waals surface area contributed by atoms with Gasteiger partial charge >= 0.3 is 0 Å². The molecule has 1 atom stereocenters. The van der Waals surface area contributed by atoms with Gasteiger partial charge in [-0.1, -0.05) is 67.6 Å². The molecule has 0 aliphatic carbocycles. The van der Waals surface area contributed by atoms with Gasteiger partial charge in [0, 0.05) is 25.1 Å². The Hall–Kier alpha value is -3.40. The molecular weight excluding hydrogens is 358 g/mol. The molecule has 0 aliphatic heterocycles. The maximum atomic E-state index is 12.5. The molecule has 4 heteroatoms. The van der Waals surface area contributed by atoms with E-state index in [4.69, 9.17) is 4.98 Å². The molecule has 0 aliphatic rings. The van der Waals surface area contributed by atoms with Crippen molar-refractivity contribution in [3.63, 3.8) is 0 Å². The maximum Gasteiger partial charge on any atom is 0.220 e. The van der Waals surface area contributed by atoms with Crippen molar-refractivity contribution < 1.29 is 4.79 Å². The highest BCUT2D eigenvalue weighted by atomic mass is 16.1. The average molecular weight is 383 g/mol. The third kappa shape index (κ3) is 4.37. The molecule has 4 aromatic rings. The maximum absolute atomic E-state index is 12.5. The summed E-state index contributed by atoms with van der Waals surface area (Å²) >= 11 is 0. The van der Waals surface area contributed by atoms with Gasteiger partial charge in [-0.05, 0) is 35.7 Å². The average Bonchev–Trinajstić information content (AvgIpc) is 3.15. The third-order valence-corrected chi connectivity index (χ3v) is 5.19. The molecule has 1 N–H and O–H groups in total. The standard InChI is InChI=1S/C25H25N3O/c1-19(20-10-4-2-5-11-20)18-26-25(29)17-16-24-27-22-14-8-9-15-23(22)28(24)21-12-6-3-7-13-21/h2-15,19H,16-18H2,1H3,(H,26,29). The molecule has 4 rings (SSSR count). The first-order valence-corrected chi connectivity index (χ1v) is 10.1. The molecule has 0 saturated heterocycles. The fourth-order valence-corrected chi connectivity index (χ4v) is 3.59. The lowest BCUT2D eigenvalue weighted by Crippen LogP contribution is -2.27. The minimum Gasteiger partial charge on any atom is -0.355 e. The second-order valence-electron chi connectivity index (χ2n) is 7.30. The molecule has 0 radical (unpaired) electrons. The number of imidazole rings is 1. The van der Waals surface area contributed by atoms with E-state index in [-0.39, 0.29) is 11.8 Å². The van der Waals surface area contributed by atoms with Crippen molar-refractivity contribution in [1.29, 1.82) is 0 Å². The molecule has 0 spiro atoms. The third-order valence-electron chi connectivity index (χ3n) is 5.19. The highest BCUT2D eigenvalue weighted by Crippen LogP contribution is 2.22. The van der Waals surface area contributed by atoms with Gasteiger partial charge in [-0.25, -0.2) is 4.98 Å². The highest BCUT2D eigenvalue weighted by Gasteiger charge is 2.14. The Kier molecular flexibility index (Phi) is 5.71. The van der Waals surface area contributed by atoms with Crippen LogP contribution in [0.2, 0.25) is 0 Å². The first kappa shape index (κ1) is 18.9. The number of amides is 1. The SMILES string of the molecule is CC(CNC(=O)CCc1nc2ccccc2n1-c1ccccc1)c1ccccc1. The predicted octanol–water partition coefficient (Wildman–Crippen LogP) is 4.88. The number of aromatic nitrogens is 2. The number of para-hydroxylation sites is 3. The Balaban J connectivity index is 1.45. The Morgan fingerprint density at radius 1 is 0.931 bits per heavy atom. The van der Waals surface area contributed by atoms with Gasteiger partial charge in [0.25, 0.3) is 0 Å². The van der Waals surface area contributed by atoms with Crippen LogP contribution in [0.5, 0.6) is 0 Å². The summed E-state index contributed by atoms with van der Waals surface area (Å²) in [5.41, 5.74) is 4.31. The lowest BCUT2D eigenvalue weighted by Gasteiger charge is -2.13. The van der Waals surface area contributed by atoms with E-state index in [0.717, 1.165) is 22.5 Å². The van der Waals surface area contributed by atoms with Crippen LogP contribution in [0.4, 0.5) is 0 Å². The van der Waals surface area contributed by atoms with Crippen LogP contribution in [0.1, 0.15) is 30.7 Å². The van der Waals surface area contributed by atoms with Crippen LogP contribution >= 0.6 is 0 Å². The molecule has 0 saturated carbocycles. The molecule has 4 nitrogen and oxygen atoms in total. The van der Waals surface area contributed by atoms with E-state index in [2.05, 4.69) is 47.1 Å². The minimum atomic E-state index is 0.0550. The van der Waals surface area contributed by atoms with Gasteiger partial charge in [0.05, 0.1) is 11.0 Å². The molecule has 1 aromatic heterocycles. The zero-order valence-corrected chi connectivity index (χ0v) is 16.6. The number of fused-ring (bicyclic) bond motifs is 1. The number of nitrogens with zero attached hydrogens (tertiary/aromatic N) is 2. The summed E-state index contributed by atoms with van der Waals surface area (Å²) in [6, 6.07) is 28.5. The second kappa shape index (κ2) is 8.74. The molecule has 3 aromatic carbocycles. The Morgan fingerprint density at radius 3 is 2.34 bits per heavy atom. The number of carbonyl (C=O) groups excluding carboxylic acids is 1. The van der Waals surface area contributed by atoms with E-state index in [9.17, 15) is 4.79 Å². The number of nitrogens with one attached hydrogen (secondary N) is 1. The van der Waals surface area contributed by atoms with Crippen LogP contribution in [0.25, 0.3) is 16.7 Å². The van der Waals surface area contributed by atoms with Crippen LogP contribution in [0.15, 0.2) is 84.9 Å². The van der Waals surface area contributed by atoms with Crippen molar-refractivity contribution in [2.75, 3.05) is 6.54 Å². The smallest absolute Gasteiger partial charge is 0.220 e.